The number of rotatable bonds is 6. The highest BCUT2D eigenvalue weighted by atomic mass is 32.2. The van der Waals surface area contributed by atoms with Gasteiger partial charge >= 0.3 is 11.9 Å². The molecule has 2 unspecified atom stereocenters. The smallest absolute Gasteiger partial charge is 0.322 e. The first kappa shape index (κ1) is 14.9. The molecule has 0 spiro atoms. The van der Waals surface area contributed by atoms with E-state index in [4.69, 9.17) is 15.9 Å². The Balaban J connectivity index is 4.56. The first-order valence-electron chi connectivity index (χ1n) is 3.93. The van der Waals surface area contributed by atoms with Crippen LogP contribution in [0.1, 0.15) is 6.92 Å². The van der Waals surface area contributed by atoms with Crippen LogP contribution in [0.4, 0.5) is 0 Å². The van der Waals surface area contributed by atoms with Gasteiger partial charge in [0.05, 0.1) is 4.58 Å². The lowest BCUT2D eigenvalue weighted by atomic mass is 10.2. The molecule has 3 atom stereocenters. The van der Waals surface area contributed by atoms with Crippen molar-refractivity contribution in [3.8, 4) is 0 Å². The Bertz CT molecular complexity index is 263. The van der Waals surface area contributed by atoms with Crippen molar-refractivity contribution in [3.05, 3.63) is 0 Å². The molecule has 0 aromatic carbocycles. The Kier molecular flexibility index (Phi) is 5.86. The van der Waals surface area contributed by atoms with Crippen LogP contribution in [-0.4, -0.2) is 43.3 Å². The Morgan fingerprint density at radius 1 is 1.53 bits per heavy atom. The highest BCUT2D eigenvalue weighted by molar-refractivity contribution is 8.12. The van der Waals surface area contributed by atoms with Crippen molar-refractivity contribution in [2.24, 2.45) is 5.73 Å². The number of hydrogen-bond donors (Lipinski definition) is 5. The summed E-state index contributed by atoms with van der Waals surface area (Å²) in [5.74, 6) is -2.22. The molecule has 8 heteroatoms. The summed E-state index contributed by atoms with van der Waals surface area (Å²) >= 11 is 8.75. The van der Waals surface area contributed by atoms with Crippen molar-refractivity contribution >= 4 is 49.0 Å². The van der Waals surface area contributed by atoms with Crippen molar-refractivity contribution in [1.29, 1.82) is 0 Å². The number of nitrogens with two attached hydrogens (primary N) is 1. The fourth-order valence-corrected chi connectivity index (χ4v) is 2.77. The SMILES string of the molecule is CC(CS)(SC(S)[C@H](N)C(=O)O)C(=O)O. The van der Waals surface area contributed by atoms with Crippen LogP contribution in [0.15, 0.2) is 0 Å². The van der Waals surface area contributed by atoms with Gasteiger partial charge in [0.1, 0.15) is 10.8 Å². The first-order valence-corrected chi connectivity index (χ1v) is 5.96. The largest absolute Gasteiger partial charge is 0.480 e. The number of hydrogen-bond acceptors (Lipinski definition) is 6. The highest BCUT2D eigenvalue weighted by Gasteiger charge is 2.37. The number of carboxylic acid groups (broad SMARTS) is 2. The van der Waals surface area contributed by atoms with E-state index in [0.717, 1.165) is 11.8 Å². The van der Waals surface area contributed by atoms with Crippen molar-refractivity contribution in [2.75, 3.05) is 5.75 Å². The normalized spacial score (nSPS) is 18.9. The van der Waals surface area contributed by atoms with Crippen LogP contribution in [0.25, 0.3) is 0 Å². The molecule has 0 aliphatic rings. The predicted molar refractivity (Wildman–Crippen MR) is 65.9 cm³/mol. The summed E-state index contributed by atoms with van der Waals surface area (Å²) in [6.45, 7) is 1.45. The molecule has 0 saturated heterocycles. The van der Waals surface area contributed by atoms with Crippen LogP contribution in [-0.2, 0) is 9.59 Å². The van der Waals surface area contributed by atoms with E-state index >= 15 is 0 Å². The van der Waals surface area contributed by atoms with Crippen LogP contribution >= 0.6 is 37.0 Å². The van der Waals surface area contributed by atoms with E-state index in [0.29, 0.717) is 0 Å². The van der Waals surface area contributed by atoms with E-state index in [9.17, 15) is 9.59 Å². The topological polar surface area (TPSA) is 101 Å². The van der Waals surface area contributed by atoms with Gasteiger partial charge in [-0.15, -0.1) is 11.8 Å². The van der Waals surface area contributed by atoms with E-state index < -0.39 is 27.3 Å². The van der Waals surface area contributed by atoms with Crippen LogP contribution in [0.2, 0.25) is 0 Å². The number of carbonyl (C=O) groups is 2. The molecule has 0 aliphatic carbocycles. The molecule has 0 rings (SSSR count). The van der Waals surface area contributed by atoms with Crippen LogP contribution < -0.4 is 5.73 Å². The van der Waals surface area contributed by atoms with Gasteiger partial charge in [0, 0.05) is 5.75 Å². The number of carboxylic acids is 2. The molecule has 0 aliphatic heterocycles. The van der Waals surface area contributed by atoms with Crippen molar-refractivity contribution in [2.45, 2.75) is 22.3 Å². The zero-order valence-electron chi connectivity index (χ0n) is 7.95. The van der Waals surface area contributed by atoms with Crippen molar-refractivity contribution in [3.63, 3.8) is 0 Å². The second-order valence-electron chi connectivity index (χ2n) is 3.07. The summed E-state index contributed by atoms with van der Waals surface area (Å²) in [5.41, 5.74) is 5.31. The van der Waals surface area contributed by atoms with Gasteiger partial charge in [-0.25, -0.2) is 0 Å². The molecular weight excluding hydrogens is 258 g/mol. The summed E-state index contributed by atoms with van der Waals surface area (Å²) in [6.07, 6.45) is 0. The van der Waals surface area contributed by atoms with E-state index in [1.165, 1.54) is 6.92 Å². The van der Waals surface area contributed by atoms with Crippen molar-refractivity contribution in [1.82, 2.24) is 0 Å². The molecule has 15 heavy (non-hydrogen) atoms. The first-order chi connectivity index (χ1) is 6.74. The third kappa shape index (κ3) is 4.13. The Morgan fingerprint density at radius 3 is 2.27 bits per heavy atom. The van der Waals surface area contributed by atoms with Gasteiger partial charge in [0.2, 0.25) is 0 Å². The molecule has 88 valence electrons. The lowest BCUT2D eigenvalue weighted by Gasteiger charge is -2.26. The predicted octanol–water partition coefficient (Wildman–Crippen LogP) is 0.161. The summed E-state index contributed by atoms with van der Waals surface area (Å²) in [7, 11) is 0. The maximum Gasteiger partial charge on any atom is 0.322 e. The molecule has 0 amide bonds. The molecule has 0 saturated carbocycles. The quantitative estimate of drug-likeness (QED) is 0.348. The molecule has 5 nitrogen and oxygen atoms in total. The maximum absolute atomic E-state index is 10.9. The molecule has 0 heterocycles. The minimum Gasteiger partial charge on any atom is -0.480 e. The Hall–Kier alpha value is -0.0500. The average molecular weight is 271 g/mol. The zero-order valence-corrected chi connectivity index (χ0v) is 10.6. The molecule has 0 aromatic rings. The fraction of sp³-hybridized carbons (Fsp3) is 0.714. The standard InChI is InChI=1S/C7H13NO4S3/c1-7(2-13,6(11)12)15-5(14)3(8)4(9)10/h3,5,13-14H,2,8H2,1H3,(H,9,10)(H,11,12)/t3-,5?,7?/m1/s1. The van der Waals surface area contributed by atoms with Crippen LogP contribution in [0.5, 0.6) is 0 Å². The molecule has 4 N–H and O–H groups in total. The minimum absolute atomic E-state index is 0.0659. The van der Waals surface area contributed by atoms with Gasteiger partial charge in [0.15, 0.2) is 0 Å². The highest BCUT2D eigenvalue weighted by Crippen LogP contribution is 2.33. The minimum atomic E-state index is -1.21. The van der Waals surface area contributed by atoms with Gasteiger partial charge in [-0.1, -0.05) is 0 Å². The van der Waals surface area contributed by atoms with Gasteiger partial charge in [-0.05, 0) is 6.92 Å². The Labute approximate surface area is 103 Å². The van der Waals surface area contributed by atoms with Gasteiger partial charge in [-0.2, -0.15) is 25.3 Å². The third-order valence-electron chi connectivity index (χ3n) is 1.73. The van der Waals surface area contributed by atoms with E-state index in [1.807, 2.05) is 0 Å². The van der Waals surface area contributed by atoms with Gasteiger partial charge in [0.25, 0.3) is 0 Å². The van der Waals surface area contributed by atoms with Crippen LogP contribution in [0, 0.1) is 0 Å². The summed E-state index contributed by atoms with van der Waals surface area (Å²) in [5, 5.41) is 17.5. The molecule has 0 aromatic heterocycles. The summed E-state index contributed by atoms with van der Waals surface area (Å²) in [6, 6.07) is -1.21. The van der Waals surface area contributed by atoms with Crippen LogP contribution in [0.3, 0.4) is 0 Å². The molecule has 0 bridgehead atoms. The van der Waals surface area contributed by atoms with E-state index in [2.05, 4.69) is 25.3 Å². The second-order valence-corrected chi connectivity index (χ2v) is 5.93. The lowest BCUT2D eigenvalue weighted by molar-refractivity contribution is -0.139. The number of thioether (sulfide) groups is 1. The van der Waals surface area contributed by atoms with Gasteiger partial charge < -0.3 is 15.9 Å². The summed E-state index contributed by atoms with van der Waals surface area (Å²) in [4.78, 5) is 21.4. The Morgan fingerprint density at radius 2 is 2.00 bits per heavy atom. The molecule has 0 radical (unpaired) electrons. The molecular formula is C7H13NO4S3. The van der Waals surface area contributed by atoms with E-state index in [-0.39, 0.29) is 5.75 Å². The average Bonchev–Trinajstić information content (AvgIpc) is 2.15. The second kappa shape index (κ2) is 5.88. The fourth-order valence-electron chi connectivity index (χ4n) is 0.617. The number of thiol groups is 2. The number of aliphatic carboxylic acids is 2. The lowest BCUT2D eigenvalue weighted by Crippen LogP contribution is -2.42. The van der Waals surface area contributed by atoms with Crippen molar-refractivity contribution < 1.29 is 19.8 Å². The monoisotopic (exact) mass is 271 g/mol. The zero-order chi connectivity index (χ0) is 12.2. The summed E-state index contributed by atoms with van der Waals surface area (Å²) < 4.78 is -1.99. The maximum atomic E-state index is 10.9. The third-order valence-corrected chi connectivity index (χ3v) is 4.59. The molecule has 0 fully saturated rings. The van der Waals surface area contributed by atoms with Gasteiger partial charge in [-0.3, -0.25) is 9.59 Å². The van der Waals surface area contributed by atoms with E-state index in [1.54, 1.807) is 0 Å².